The molecule has 0 aromatic carbocycles. The maximum atomic E-state index is 10.2. The Morgan fingerprint density at radius 3 is 2.62 bits per heavy atom. The molecule has 0 radical (unpaired) electrons. The molecule has 0 aliphatic carbocycles. The van der Waals surface area contributed by atoms with E-state index in [-0.39, 0.29) is 5.84 Å². The number of rotatable bonds is 0. The third-order valence-electron chi connectivity index (χ3n) is 0.572. The summed E-state index contributed by atoms with van der Waals surface area (Å²) in [6.45, 7) is 0. The van der Waals surface area contributed by atoms with Crippen LogP contribution in [-0.2, 0) is 4.79 Å². The summed E-state index contributed by atoms with van der Waals surface area (Å²) < 4.78 is 0. The van der Waals surface area contributed by atoms with E-state index in [0.717, 1.165) is 0 Å². The summed E-state index contributed by atoms with van der Waals surface area (Å²) in [6.07, 6.45) is 0. The van der Waals surface area contributed by atoms with Crippen LogP contribution in [-0.4, -0.2) is 11.7 Å². The van der Waals surface area contributed by atoms with Gasteiger partial charge in [-0.25, -0.2) is 5.53 Å². The molecular weight excluding hydrogens is 110 g/mol. The van der Waals surface area contributed by atoms with Crippen molar-refractivity contribution in [2.75, 3.05) is 0 Å². The molecule has 8 heavy (non-hydrogen) atoms. The Balaban J connectivity index is 2.88. The minimum absolute atomic E-state index is 0.259. The van der Waals surface area contributed by atoms with Crippen molar-refractivity contribution < 1.29 is 4.79 Å². The third kappa shape index (κ3) is 0.512. The number of carbonyl (C=O) groups excluding carboxylic acids is 1. The van der Waals surface area contributed by atoms with E-state index in [1.807, 2.05) is 0 Å². The topological polar surface area (TPSA) is 90.4 Å². The first-order valence-corrected chi connectivity index (χ1v) is 1.75. The van der Waals surface area contributed by atoms with Gasteiger partial charge >= 0.3 is 5.91 Å². The Morgan fingerprint density at radius 2 is 2.38 bits per heavy atom. The normalized spacial score (nSPS) is 16.5. The highest BCUT2D eigenvalue weighted by Gasteiger charge is 2.13. The highest BCUT2D eigenvalue weighted by Crippen LogP contribution is 1.95. The minimum atomic E-state index is -0.653. The predicted octanol–water partition coefficient (Wildman–Crippen LogP) is 0.323. The summed E-state index contributed by atoms with van der Waals surface area (Å²) in [6, 6.07) is 0. The monoisotopic (exact) mass is 111 g/mol. The lowest BCUT2D eigenvalue weighted by atomic mass is 10.6. The summed E-state index contributed by atoms with van der Waals surface area (Å²) in [5.41, 5.74) is 6.28. The Hall–Kier alpha value is -1.46. The van der Waals surface area contributed by atoms with E-state index < -0.39 is 5.91 Å². The van der Waals surface area contributed by atoms with Crippen LogP contribution in [0, 0.1) is 5.53 Å². The lowest BCUT2D eigenvalue weighted by Gasteiger charge is -1.73. The van der Waals surface area contributed by atoms with Crippen LogP contribution in [0.5, 0.6) is 0 Å². The Bertz CT molecular complexity index is 191. The second kappa shape index (κ2) is 1.57. The highest BCUT2D eigenvalue weighted by atomic mass is 16.2. The lowest BCUT2D eigenvalue weighted by molar-refractivity contribution is -0.112. The third-order valence-corrected chi connectivity index (χ3v) is 0.572. The van der Waals surface area contributed by atoms with Gasteiger partial charge in [0, 0.05) is 0 Å². The minimum Gasteiger partial charge on any atom is -0.261 e. The molecule has 1 amide bonds. The van der Waals surface area contributed by atoms with E-state index in [0.29, 0.717) is 0 Å². The van der Waals surface area contributed by atoms with E-state index in [1.54, 1.807) is 0 Å². The molecule has 1 aliphatic rings. The van der Waals surface area contributed by atoms with Gasteiger partial charge in [0.15, 0.2) is 0 Å². The van der Waals surface area contributed by atoms with Gasteiger partial charge in [-0.3, -0.25) is 4.79 Å². The molecule has 0 unspecified atom stereocenters. The van der Waals surface area contributed by atoms with E-state index in [2.05, 4.69) is 20.6 Å². The summed E-state index contributed by atoms with van der Waals surface area (Å²) in [4.78, 5) is 10.2. The van der Waals surface area contributed by atoms with Crippen LogP contribution in [0.15, 0.2) is 20.6 Å². The lowest BCUT2D eigenvalue weighted by Crippen LogP contribution is -2.01. The largest absolute Gasteiger partial charge is 0.338 e. The molecule has 1 heterocycles. The van der Waals surface area contributed by atoms with Crippen molar-refractivity contribution in [2.24, 2.45) is 20.6 Å². The summed E-state index contributed by atoms with van der Waals surface area (Å²) >= 11 is 0. The predicted molar refractivity (Wildman–Crippen MR) is 22.4 cm³/mol. The van der Waals surface area contributed by atoms with E-state index in [9.17, 15) is 4.79 Å². The molecule has 6 heteroatoms. The van der Waals surface area contributed by atoms with Gasteiger partial charge < -0.3 is 0 Å². The Morgan fingerprint density at radius 1 is 1.62 bits per heavy atom. The zero-order chi connectivity index (χ0) is 5.98. The zero-order valence-corrected chi connectivity index (χ0v) is 3.70. The van der Waals surface area contributed by atoms with Crippen molar-refractivity contribution in [3.05, 3.63) is 0 Å². The van der Waals surface area contributed by atoms with Crippen LogP contribution < -0.4 is 0 Å². The summed E-state index contributed by atoms with van der Waals surface area (Å²) in [5.74, 6) is -0.912. The zero-order valence-electron chi connectivity index (χ0n) is 3.70. The smallest absolute Gasteiger partial charge is 0.261 e. The van der Waals surface area contributed by atoms with Crippen molar-refractivity contribution in [2.45, 2.75) is 0 Å². The highest BCUT2D eigenvalue weighted by molar-refractivity contribution is 6.39. The molecule has 1 rings (SSSR count). The number of hydrogen-bond donors (Lipinski definition) is 1. The average molecular weight is 111 g/mol. The van der Waals surface area contributed by atoms with Crippen molar-refractivity contribution in [1.29, 1.82) is 5.53 Å². The molecule has 0 spiro atoms. The van der Waals surface area contributed by atoms with Crippen molar-refractivity contribution in [3.8, 4) is 0 Å². The molecule has 0 aromatic heterocycles. The molecule has 0 saturated heterocycles. The second-order valence-corrected chi connectivity index (χ2v) is 1.03. The maximum Gasteiger partial charge on any atom is 0.338 e. The molecule has 1 aliphatic heterocycles. The number of nitrogens with zero attached hydrogens (tertiary/aromatic N) is 4. The first kappa shape index (κ1) is 4.69. The second-order valence-electron chi connectivity index (χ2n) is 1.03. The first-order valence-electron chi connectivity index (χ1n) is 1.75. The fourth-order valence-electron chi connectivity index (χ4n) is 0.263. The molecular formula is C2HN5O. The molecule has 0 atom stereocenters. The molecule has 0 bridgehead atoms. The molecule has 6 nitrogen and oxygen atoms in total. The number of hydrogen-bond acceptors (Lipinski definition) is 5. The quantitative estimate of drug-likeness (QED) is 0.448. The van der Waals surface area contributed by atoms with Crippen LogP contribution in [0.4, 0.5) is 0 Å². The molecule has 40 valence electrons. The summed E-state index contributed by atoms with van der Waals surface area (Å²) in [7, 11) is 0. The number of nitrogens with one attached hydrogen (secondary N) is 1. The van der Waals surface area contributed by atoms with Gasteiger partial charge in [0.1, 0.15) is 0 Å². The van der Waals surface area contributed by atoms with Crippen molar-refractivity contribution in [1.82, 2.24) is 0 Å². The Kier molecular flexibility index (Phi) is 0.918. The average Bonchev–Trinajstić information content (AvgIpc) is 2.14. The number of amides is 1. The number of amidine groups is 1. The fourth-order valence-corrected chi connectivity index (χ4v) is 0.263. The maximum absolute atomic E-state index is 10.2. The van der Waals surface area contributed by atoms with E-state index >= 15 is 0 Å². The Labute approximate surface area is 43.8 Å². The molecule has 1 N–H and O–H groups in total. The summed E-state index contributed by atoms with van der Waals surface area (Å²) in [5, 5.41) is 11.8. The van der Waals surface area contributed by atoms with Crippen LogP contribution in [0.3, 0.4) is 0 Å². The van der Waals surface area contributed by atoms with Gasteiger partial charge in [-0.05, 0) is 5.22 Å². The van der Waals surface area contributed by atoms with Gasteiger partial charge in [-0.2, -0.15) is 0 Å². The standard InChI is InChI=1S/C2HN5O/c3-4-1-2(8)6-7-5-1/h3H. The SMILES string of the molecule is N=NC1=NN=NC1=O. The molecule has 0 fully saturated rings. The van der Waals surface area contributed by atoms with Crippen LogP contribution in [0.1, 0.15) is 0 Å². The number of carbonyl (C=O) groups is 1. The molecule has 0 aromatic rings. The van der Waals surface area contributed by atoms with Crippen molar-refractivity contribution in [3.63, 3.8) is 0 Å². The van der Waals surface area contributed by atoms with Crippen molar-refractivity contribution >= 4 is 11.7 Å². The van der Waals surface area contributed by atoms with Gasteiger partial charge in [0.05, 0.1) is 0 Å². The van der Waals surface area contributed by atoms with Crippen LogP contribution >= 0.6 is 0 Å². The van der Waals surface area contributed by atoms with Gasteiger partial charge in [0.2, 0.25) is 0 Å². The van der Waals surface area contributed by atoms with Gasteiger partial charge in [0.25, 0.3) is 5.84 Å². The first-order chi connectivity index (χ1) is 3.84. The van der Waals surface area contributed by atoms with E-state index in [4.69, 9.17) is 5.53 Å². The fraction of sp³-hybridized carbons (Fsp3) is 0. The van der Waals surface area contributed by atoms with Gasteiger partial charge in [-0.15, -0.1) is 10.2 Å². The van der Waals surface area contributed by atoms with Gasteiger partial charge in [-0.1, -0.05) is 5.11 Å². The van der Waals surface area contributed by atoms with Crippen LogP contribution in [0.25, 0.3) is 0 Å². The molecule has 0 saturated carbocycles. The van der Waals surface area contributed by atoms with Crippen LogP contribution in [0.2, 0.25) is 0 Å². The van der Waals surface area contributed by atoms with E-state index in [1.165, 1.54) is 0 Å².